The molecule has 0 bridgehead atoms. The van der Waals surface area contributed by atoms with Crippen LogP contribution in [0.25, 0.3) is 100 Å². The Kier molecular flexibility index (Phi) is 10.4. The van der Waals surface area contributed by atoms with E-state index >= 15 is 0 Å². The predicted molar refractivity (Wildman–Crippen MR) is 285 cm³/mol. The van der Waals surface area contributed by atoms with Crippen LogP contribution in [-0.4, -0.2) is 14.5 Å². The van der Waals surface area contributed by atoms with Gasteiger partial charge in [0, 0.05) is 38.6 Å². The van der Waals surface area contributed by atoms with Gasteiger partial charge in [-0.3, -0.25) is 0 Å². The van der Waals surface area contributed by atoms with Crippen LogP contribution in [0.2, 0.25) is 0 Å². The number of para-hydroxylation sites is 2. The van der Waals surface area contributed by atoms with Crippen molar-refractivity contribution in [3.05, 3.63) is 266 Å². The van der Waals surface area contributed by atoms with E-state index in [0.29, 0.717) is 5.82 Å². The van der Waals surface area contributed by atoms with Gasteiger partial charge >= 0.3 is 0 Å². The van der Waals surface area contributed by atoms with Gasteiger partial charge < -0.3 is 4.57 Å². The van der Waals surface area contributed by atoms with E-state index < -0.39 is 0 Å². The summed E-state index contributed by atoms with van der Waals surface area (Å²) in [6.45, 7) is 2.34. The van der Waals surface area contributed by atoms with Crippen molar-refractivity contribution < 1.29 is 0 Å². The quantitative estimate of drug-likeness (QED) is 0.145. The molecule has 3 nitrogen and oxygen atoms in total. The number of hydrogen-bond donors (Lipinski definition) is 0. The number of aromatic nitrogens is 3. The van der Waals surface area contributed by atoms with Gasteiger partial charge in [0.2, 0.25) is 0 Å². The summed E-state index contributed by atoms with van der Waals surface area (Å²) in [7, 11) is 0. The van der Waals surface area contributed by atoms with Crippen molar-refractivity contribution in [3.63, 3.8) is 0 Å². The first kappa shape index (κ1) is 40.8. The molecule has 1 atom stereocenters. The highest BCUT2D eigenvalue weighted by atomic mass is 15.0. The van der Waals surface area contributed by atoms with Crippen LogP contribution >= 0.6 is 0 Å². The Morgan fingerprint density at radius 2 is 0.853 bits per heavy atom. The lowest BCUT2D eigenvalue weighted by molar-refractivity contribution is 0.602. The third kappa shape index (κ3) is 7.74. The Morgan fingerprint density at radius 3 is 1.49 bits per heavy atom. The van der Waals surface area contributed by atoms with Gasteiger partial charge in [-0.15, -0.1) is 0 Å². The highest BCUT2D eigenvalue weighted by molar-refractivity contribution is 6.09. The fourth-order valence-electron chi connectivity index (χ4n) is 9.99. The molecule has 3 heteroatoms. The van der Waals surface area contributed by atoms with Gasteiger partial charge in [0.25, 0.3) is 0 Å². The topological polar surface area (TPSA) is 30.7 Å². The SMILES string of the molecule is CC1(c2ccc(-c3nc(-c4ccc(-c5cccc(-c6ccccc6)c5)cc4)cc(-c4cccc(-n5c6ccccc6c6ccccc65)c4)n3)cc2)C=C(c2cccc(-c3ccccc3)c2)C=CC1. The maximum Gasteiger partial charge on any atom is 0.160 e. The number of hydrogen-bond acceptors (Lipinski definition) is 2. The molecule has 0 N–H and O–H groups in total. The molecule has 2 aromatic heterocycles. The van der Waals surface area contributed by atoms with E-state index in [0.717, 1.165) is 45.7 Å². The zero-order valence-corrected chi connectivity index (χ0v) is 37.8. The summed E-state index contributed by atoms with van der Waals surface area (Å²) >= 11 is 0. The zero-order chi connectivity index (χ0) is 45.4. The van der Waals surface area contributed by atoms with E-state index in [9.17, 15) is 0 Å². The number of benzene rings is 9. The third-order valence-electron chi connectivity index (χ3n) is 13.6. The first-order valence-corrected chi connectivity index (χ1v) is 23.4. The van der Waals surface area contributed by atoms with E-state index in [-0.39, 0.29) is 5.41 Å². The van der Waals surface area contributed by atoms with Crippen LogP contribution in [0.4, 0.5) is 0 Å². The van der Waals surface area contributed by atoms with Crippen LogP contribution in [0.3, 0.4) is 0 Å². The summed E-state index contributed by atoms with van der Waals surface area (Å²) in [4.78, 5) is 10.7. The van der Waals surface area contributed by atoms with E-state index in [1.165, 1.54) is 66.3 Å². The van der Waals surface area contributed by atoms with E-state index in [4.69, 9.17) is 9.97 Å². The molecule has 1 unspecified atom stereocenters. The third-order valence-corrected chi connectivity index (χ3v) is 13.6. The van der Waals surface area contributed by atoms with E-state index in [1.54, 1.807) is 0 Å². The van der Waals surface area contributed by atoms with Gasteiger partial charge in [-0.1, -0.05) is 219 Å². The predicted octanol–water partition coefficient (Wildman–Crippen LogP) is 16.9. The maximum absolute atomic E-state index is 5.35. The van der Waals surface area contributed by atoms with Crippen molar-refractivity contribution in [1.82, 2.24) is 14.5 Å². The summed E-state index contributed by atoms with van der Waals surface area (Å²) in [6.07, 6.45) is 7.94. The standard InChI is InChI=1S/C65H47N3/c1-65(39-15-25-55(44-65)53-23-13-21-51(41-53)46-18-6-3-7-19-46)56-37-35-49(36-38-56)64-66-60(48-33-31-47(32-34-48)52-22-12-20-50(40-52)45-16-4-2-5-17-45)43-61(67-64)54-24-14-26-57(42-54)68-62-29-10-8-27-58(62)59-28-9-11-30-63(59)68/h2-38,40-44H,39H2,1H3. The lowest BCUT2D eigenvalue weighted by atomic mass is 9.74. The molecule has 0 spiro atoms. The molecule has 11 aromatic rings. The van der Waals surface area contributed by atoms with Crippen molar-refractivity contribution in [2.75, 3.05) is 0 Å². The number of fused-ring (bicyclic) bond motifs is 3. The fraction of sp³-hybridized carbons (Fsp3) is 0.0462. The average molecular weight is 870 g/mol. The summed E-state index contributed by atoms with van der Waals surface area (Å²) in [5, 5.41) is 2.47. The van der Waals surface area contributed by atoms with Crippen LogP contribution in [0.1, 0.15) is 24.5 Å². The molecule has 68 heavy (non-hydrogen) atoms. The molecule has 2 heterocycles. The first-order chi connectivity index (χ1) is 33.5. The Morgan fingerprint density at radius 1 is 0.382 bits per heavy atom. The Bertz CT molecular complexity index is 3640. The lowest BCUT2D eigenvalue weighted by Crippen LogP contribution is -2.20. The Balaban J connectivity index is 0.922. The Labute approximate surface area is 397 Å². The van der Waals surface area contributed by atoms with E-state index in [1.807, 2.05) is 0 Å². The molecule has 0 saturated carbocycles. The molecule has 0 radical (unpaired) electrons. The van der Waals surface area contributed by atoms with Crippen LogP contribution in [0.5, 0.6) is 0 Å². The minimum Gasteiger partial charge on any atom is -0.309 e. The summed E-state index contributed by atoms with van der Waals surface area (Å²) in [5.74, 6) is 0.689. The summed E-state index contributed by atoms with van der Waals surface area (Å²) in [6, 6.07) is 84.7. The first-order valence-electron chi connectivity index (χ1n) is 23.4. The fourth-order valence-corrected chi connectivity index (χ4v) is 9.99. The smallest absolute Gasteiger partial charge is 0.160 e. The zero-order valence-electron chi connectivity index (χ0n) is 37.8. The van der Waals surface area contributed by atoms with Gasteiger partial charge in [-0.05, 0) is 99.0 Å². The van der Waals surface area contributed by atoms with Gasteiger partial charge in [0.1, 0.15) is 0 Å². The second-order valence-electron chi connectivity index (χ2n) is 18.1. The van der Waals surface area contributed by atoms with Crippen molar-refractivity contribution in [2.45, 2.75) is 18.8 Å². The van der Waals surface area contributed by atoms with Crippen molar-refractivity contribution >= 4 is 27.4 Å². The monoisotopic (exact) mass is 869 g/mol. The maximum atomic E-state index is 5.35. The summed E-state index contributed by atoms with van der Waals surface area (Å²) in [5.41, 5.74) is 18.9. The van der Waals surface area contributed by atoms with Gasteiger partial charge in [-0.25, -0.2) is 9.97 Å². The molecule has 9 aromatic carbocycles. The normalized spacial score (nSPS) is 14.6. The molecule has 0 amide bonds. The molecule has 12 rings (SSSR count). The molecule has 0 saturated heterocycles. The molecule has 0 fully saturated rings. The molecule has 0 aliphatic heterocycles. The van der Waals surface area contributed by atoms with Gasteiger partial charge in [0.05, 0.1) is 22.4 Å². The van der Waals surface area contributed by atoms with E-state index in [2.05, 4.69) is 266 Å². The van der Waals surface area contributed by atoms with Crippen molar-refractivity contribution in [2.24, 2.45) is 0 Å². The minimum absolute atomic E-state index is 0.186. The van der Waals surface area contributed by atoms with Gasteiger partial charge in [0.15, 0.2) is 5.82 Å². The number of rotatable bonds is 9. The Hall–Kier alpha value is -8.66. The molecule has 1 aliphatic carbocycles. The van der Waals surface area contributed by atoms with Crippen molar-refractivity contribution in [1.29, 1.82) is 0 Å². The average Bonchev–Trinajstić information content (AvgIpc) is 3.76. The molecule has 322 valence electrons. The highest BCUT2D eigenvalue weighted by Crippen LogP contribution is 2.40. The van der Waals surface area contributed by atoms with Crippen molar-refractivity contribution in [3.8, 4) is 73.0 Å². The minimum atomic E-state index is -0.186. The molecular weight excluding hydrogens is 823 g/mol. The van der Waals surface area contributed by atoms with Crippen LogP contribution in [0, 0.1) is 0 Å². The number of nitrogens with zero attached hydrogens (tertiary/aromatic N) is 3. The molecule has 1 aliphatic rings. The highest BCUT2D eigenvalue weighted by Gasteiger charge is 2.26. The second-order valence-corrected chi connectivity index (χ2v) is 18.1. The summed E-state index contributed by atoms with van der Waals surface area (Å²) < 4.78 is 2.36. The van der Waals surface area contributed by atoms with Crippen LogP contribution in [0.15, 0.2) is 255 Å². The van der Waals surface area contributed by atoms with Crippen LogP contribution < -0.4 is 0 Å². The molecular formula is C65H47N3. The largest absolute Gasteiger partial charge is 0.309 e. The lowest BCUT2D eigenvalue weighted by Gasteiger charge is -2.29. The van der Waals surface area contributed by atoms with Crippen LogP contribution in [-0.2, 0) is 5.41 Å². The van der Waals surface area contributed by atoms with Gasteiger partial charge in [-0.2, -0.15) is 0 Å². The number of allylic oxidation sites excluding steroid dienone is 4. The second kappa shape index (κ2) is 17.3.